The maximum atomic E-state index is 12.8. The molecular formula is C24H22N4O3. The highest BCUT2D eigenvalue weighted by molar-refractivity contribution is 5.97. The first-order chi connectivity index (χ1) is 15.1. The number of hydrogen-bond donors (Lipinski definition) is 2. The third-order valence-electron chi connectivity index (χ3n) is 4.78. The van der Waals surface area contributed by atoms with Crippen molar-refractivity contribution in [2.75, 3.05) is 12.4 Å². The molecule has 2 amide bonds. The van der Waals surface area contributed by atoms with E-state index in [1.807, 2.05) is 59.2 Å². The lowest BCUT2D eigenvalue weighted by Crippen LogP contribution is -2.21. The number of benzene rings is 3. The normalized spacial score (nSPS) is 10.6. The predicted molar refractivity (Wildman–Crippen MR) is 119 cm³/mol. The molecule has 0 radical (unpaired) electrons. The van der Waals surface area contributed by atoms with Crippen molar-refractivity contribution >= 4 is 28.5 Å². The second-order valence-corrected chi connectivity index (χ2v) is 6.91. The molecule has 4 aromatic rings. The number of carbonyl (C=O) groups is 2. The van der Waals surface area contributed by atoms with Gasteiger partial charge >= 0.3 is 0 Å². The molecule has 156 valence electrons. The van der Waals surface area contributed by atoms with Crippen molar-refractivity contribution in [2.24, 2.45) is 0 Å². The van der Waals surface area contributed by atoms with Crippen LogP contribution in [0.3, 0.4) is 0 Å². The maximum Gasteiger partial charge on any atom is 0.251 e. The van der Waals surface area contributed by atoms with Crippen LogP contribution in [-0.2, 0) is 17.9 Å². The summed E-state index contributed by atoms with van der Waals surface area (Å²) in [7, 11) is 1.57. The van der Waals surface area contributed by atoms with Crippen molar-refractivity contribution in [1.82, 2.24) is 14.9 Å². The number of para-hydroxylation sites is 3. The molecular weight excluding hydrogens is 392 g/mol. The van der Waals surface area contributed by atoms with Crippen molar-refractivity contribution in [3.8, 4) is 5.75 Å². The molecule has 0 saturated heterocycles. The van der Waals surface area contributed by atoms with Crippen LogP contribution in [0, 0.1) is 0 Å². The van der Waals surface area contributed by atoms with E-state index in [-0.39, 0.29) is 25.0 Å². The number of anilines is 1. The van der Waals surface area contributed by atoms with Crippen molar-refractivity contribution in [3.63, 3.8) is 0 Å². The number of hydrogen-bond acceptors (Lipinski definition) is 4. The highest BCUT2D eigenvalue weighted by Gasteiger charge is 2.15. The Kier molecular flexibility index (Phi) is 5.93. The fourth-order valence-corrected chi connectivity index (χ4v) is 3.30. The molecule has 7 heteroatoms. The zero-order valence-corrected chi connectivity index (χ0v) is 17.0. The second kappa shape index (κ2) is 9.13. The third kappa shape index (κ3) is 4.72. The minimum absolute atomic E-state index is 0.0677. The summed E-state index contributed by atoms with van der Waals surface area (Å²) in [5.74, 6) is 0.950. The largest absolute Gasteiger partial charge is 0.486 e. The van der Waals surface area contributed by atoms with Gasteiger partial charge in [0.05, 0.1) is 11.0 Å². The lowest BCUT2D eigenvalue weighted by Gasteiger charge is -2.11. The predicted octanol–water partition coefficient (Wildman–Crippen LogP) is 3.61. The number of imidazole rings is 1. The fraction of sp³-hybridized carbons (Fsp3) is 0.125. The summed E-state index contributed by atoms with van der Waals surface area (Å²) in [6.45, 7) is 0.302. The van der Waals surface area contributed by atoms with Gasteiger partial charge in [-0.3, -0.25) is 9.59 Å². The first kappa shape index (κ1) is 20.2. The van der Waals surface area contributed by atoms with Gasteiger partial charge in [0.2, 0.25) is 5.91 Å². The molecule has 0 aliphatic rings. The Morgan fingerprint density at radius 3 is 2.55 bits per heavy atom. The van der Waals surface area contributed by atoms with Gasteiger partial charge in [0.15, 0.2) is 0 Å². The Morgan fingerprint density at radius 2 is 1.74 bits per heavy atom. The Morgan fingerprint density at radius 1 is 0.968 bits per heavy atom. The summed E-state index contributed by atoms with van der Waals surface area (Å²) >= 11 is 0. The lowest BCUT2D eigenvalue weighted by molar-refractivity contribution is -0.116. The van der Waals surface area contributed by atoms with Gasteiger partial charge in [-0.15, -0.1) is 0 Å². The molecule has 7 nitrogen and oxygen atoms in total. The van der Waals surface area contributed by atoms with Crippen LogP contribution in [0.15, 0.2) is 78.9 Å². The van der Waals surface area contributed by atoms with E-state index < -0.39 is 0 Å². The van der Waals surface area contributed by atoms with E-state index >= 15 is 0 Å². The van der Waals surface area contributed by atoms with Gasteiger partial charge in [0.25, 0.3) is 5.91 Å². The van der Waals surface area contributed by atoms with Crippen LogP contribution in [0.5, 0.6) is 5.75 Å². The van der Waals surface area contributed by atoms with Crippen molar-refractivity contribution in [1.29, 1.82) is 0 Å². The van der Waals surface area contributed by atoms with E-state index in [0.29, 0.717) is 17.1 Å². The van der Waals surface area contributed by atoms with Gasteiger partial charge in [0, 0.05) is 18.3 Å². The molecule has 0 atom stereocenters. The number of nitrogens with one attached hydrogen (secondary N) is 2. The minimum atomic E-state index is -0.224. The molecule has 0 unspecified atom stereocenters. The molecule has 0 bridgehead atoms. The summed E-state index contributed by atoms with van der Waals surface area (Å²) in [4.78, 5) is 29.3. The first-order valence-corrected chi connectivity index (χ1v) is 9.88. The summed E-state index contributed by atoms with van der Waals surface area (Å²) in [6, 6.07) is 23.9. The SMILES string of the molecule is CNC(=O)c1cccc(NC(=O)Cn2c(COc3ccccc3)nc3ccccc32)c1. The topological polar surface area (TPSA) is 85.2 Å². The van der Waals surface area contributed by atoms with Crippen LogP contribution in [0.1, 0.15) is 16.2 Å². The number of fused-ring (bicyclic) bond motifs is 1. The van der Waals surface area contributed by atoms with E-state index in [4.69, 9.17) is 4.74 Å². The summed E-state index contributed by atoms with van der Waals surface area (Å²) in [5, 5.41) is 5.43. The zero-order valence-electron chi connectivity index (χ0n) is 17.0. The first-order valence-electron chi connectivity index (χ1n) is 9.88. The second-order valence-electron chi connectivity index (χ2n) is 6.91. The van der Waals surface area contributed by atoms with Crippen LogP contribution in [0.4, 0.5) is 5.69 Å². The summed E-state index contributed by atoms with van der Waals surface area (Å²) < 4.78 is 7.70. The number of carbonyl (C=O) groups excluding carboxylic acids is 2. The number of rotatable bonds is 7. The van der Waals surface area contributed by atoms with Crippen LogP contribution < -0.4 is 15.4 Å². The van der Waals surface area contributed by atoms with Crippen molar-refractivity contribution in [2.45, 2.75) is 13.2 Å². The smallest absolute Gasteiger partial charge is 0.251 e. The van der Waals surface area contributed by atoms with E-state index in [1.54, 1.807) is 31.3 Å². The minimum Gasteiger partial charge on any atom is -0.486 e. The van der Waals surface area contributed by atoms with Crippen LogP contribution in [0.2, 0.25) is 0 Å². The van der Waals surface area contributed by atoms with Crippen LogP contribution in [0.25, 0.3) is 11.0 Å². The van der Waals surface area contributed by atoms with Gasteiger partial charge < -0.3 is 19.9 Å². The Balaban J connectivity index is 1.54. The third-order valence-corrected chi connectivity index (χ3v) is 4.78. The Bertz CT molecular complexity index is 1220. The Hall–Kier alpha value is -4.13. The Labute approximate surface area is 179 Å². The summed E-state index contributed by atoms with van der Waals surface area (Å²) in [5.41, 5.74) is 2.68. The number of aromatic nitrogens is 2. The molecule has 1 aromatic heterocycles. The molecule has 1 heterocycles. The molecule has 3 aromatic carbocycles. The van der Waals surface area contributed by atoms with E-state index in [1.165, 1.54) is 0 Å². The standard InChI is InChI=1S/C24H22N4O3/c1-25-24(30)17-8-7-9-18(14-17)26-23(29)15-28-21-13-6-5-12-20(21)27-22(28)16-31-19-10-3-2-4-11-19/h2-14H,15-16H2,1H3,(H,25,30)(H,26,29). The molecule has 31 heavy (non-hydrogen) atoms. The number of nitrogens with zero attached hydrogens (tertiary/aromatic N) is 2. The van der Waals surface area contributed by atoms with Crippen LogP contribution >= 0.6 is 0 Å². The molecule has 0 saturated carbocycles. The molecule has 2 N–H and O–H groups in total. The maximum absolute atomic E-state index is 12.8. The van der Waals surface area contributed by atoms with Gasteiger partial charge in [0.1, 0.15) is 24.7 Å². The molecule has 4 rings (SSSR count). The molecule has 0 aliphatic carbocycles. The number of amides is 2. The van der Waals surface area contributed by atoms with Gasteiger partial charge in [-0.05, 0) is 42.5 Å². The van der Waals surface area contributed by atoms with Gasteiger partial charge in [-0.2, -0.15) is 0 Å². The van der Waals surface area contributed by atoms with Crippen molar-refractivity contribution in [3.05, 3.63) is 90.3 Å². The average molecular weight is 414 g/mol. The fourth-order valence-electron chi connectivity index (χ4n) is 3.30. The van der Waals surface area contributed by atoms with Crippen molar-refractivity contribution < 1.29 is 14.3 Å². The average Bonchev–Trinajstić information content (AvgIpc) is 3.15. The monoisotopic (exact) mass is 414 g/mol. The summed E-state index contributed by atoms with van der Waals surface area (Å²) in [6.07, 6.45) is 0. The highest BCUT2D eigenvalue weighted by atomic mass is 16.5. The van der Waals surface area contributed by atoms with Crippen LogP contribution in [-0.4, -0.2) is 28.4 Å². The molecule has 0 aliphatic heterocycles. The van der Waals surface area contributed by atoms with E-state index in [2.05, 4.69) is 15.6 Å². The lowest BCUT2D eigenvalue weighted by atomic mass is 10.2. The number of ether oxygens (including phenoxy) is 1. The van der Waals surface area contributed by atoms with E-state index in [9.17, 15) is 9.59 Å². The molecule has 0 fully saturated rings. The van der Waals surface area contributed by atoms with Gasteiger partial charge in [-0.25, -0.2) is 4.98 Å². The zero-order chi connectivity index (χ0) is 21.6. The highest BCUT2D eigenvalue weighted by Crippen LogP contribution is 2.19. The molecule has 0 spiro atoms. The van der Waals surface area contributed by atoms with E-state index in [0.717, 1.165) is 16.8 Å². The quantitative estimate of drug-likeness (QED) is 0.484. The van der Waals surface area contributed by atoms with Gasteiger partial charge in [-0.1, -0.05) is 36.4 Å².